The number of hydrogen-bond donors (Lipinski definition) is 2. The van der Waals surface area contributed by atoms with Crippen LogP contribution in [-0.4, -0.2) is 42.3 Å². The Morgan fingerprint density at radius 3 is 2.81 bits per heavy atom. The van der Waals surface area contributed by atoms with Crippen LogP contribution in [0.25, 0.3) is 0 Å². The van der Waals surface area contributed by atoms with E-state index in [1.54, 1.807) is 30.3 Å². The van der Waals surface area contributed by atoms with Crippen LogP contribution in [0.2, 0.25) is 0 Å². The van der Waals surface area contributed by atoms with Crippen molar-refractivity contribution in [2.75, 3.05) is 17.8 Å². The van der Waals surface area contributed by atoms with Crippen LogP contribution in [0.4, 0.5) is 10.1 Å². The van der Waals surface area contributed by atoms with E-state index in [-0.39, 0.29) is 22.4 Å². The highest BCUT2D eigenvalue weighted by Gasteiger charge is 2.28. The van der Waals surface area contributed by atoms with Gasteiger partial charge in [0.2, 0.25) is 0 Å². The summed E-state index contributed by atoms with van der Waals surface area (Å²) in [5.41, 5.74) is 0.847. The largest absolute Gasteiger partial charge is 0.348 e. The first-order valence-corrected chi connectivity index (χ1v) is 11.5. The van der Waals surface area contributed by atoms with Crippen molar-refractivity contribution in [3.63, 3.8) is 0 Å². The summed E-state index contributed by atoms with van der Waals surface area (Å²) in [5.74, 6) is 0.0609. The predicted octanol–water partition coefficient (Wildman–Crippen LogP) is 3.68. The molecule has 0 spiro atoms. The fourth-order valence-electron chi connectivity index (χ4n) is 3.80. The number of carbonyl (C=O) groups excluding carboxylic acids is 1. The van der Waals surface area contributed by atoms with Gasteiger partial charge >= 0.3 is 0 Å². The van der Waals surface area contributed by atoms with E-state index >= 15 is 0 Å². The number of carbonyl (C=O) groups is 1. The molecule has 1 aliphatic rings. The van der Waals surface area contributed by atoms with Gasteiger partial charge in [-0.1, -0.05) is 18.2 Å². The number of hydrogen-bond acceptors (Lipinski definition) is 4. The van der Waals surface area contributed by atoms with E-state index < -0.39 is 15.8 Å². The number of aromatic amines is 1. The van der Waals surface area contributed by atoms with Crippen molar-refractivity contribution in [1.29, 1.82) is 0 Å². The minimum atomic E-state index is -4.06. The SMILES string of the molecule is Cc1ccc(S(=O)(=O)Nc2ccccc2F)cc1C(=O)N1CCCC(c2ncc[nH]2)C1. The maximum atomic E-state index is 13.9. The first-order chi connectivity index (χ1) is 14.8. The molecule has 4 rings (SSSR count). The van der Waals surface area contributed by atoms with Gasteiger partial charge in [0.25, 0.3) is 15.9 Å². The maximum absolute atomic E-state index is 13.9. The molecule has 0 aliphatic carbocycles. The quantitative estimate of drug-likeness (QED) is 0.630. The first kappa shape index (κ1) is 21.0. The number of nitrogens with one attached hydrogen (secondary N) is 2. The summed E-state index contributed by atoms with van der Waals surface area (Å²) in [5, 5.41) is 0. The van der Waals surface area contributed by atoms with E-state index in [9.17, 15) is 17.6 Å². The number of amides is 1. The molecule has 2 heterocycles. The number of rotatable bonds is 5. The molecule has 31 heavy (non-hydrogen) atoms. The number of sulfonamides is 1. The summed E-state index contributed by atoms with van der Waals surface area (Å²) in [6, 6.07) is 9.90. The predicted molar refractivity (Wildman–Crippen MR) is 115 cm³/mol. The zero-order valence-electron chi connectivity index (χ0n) is 17.0. The summed E-state index contributed by atoms with van der Waals surface area (Å²) in [6.07, 6.45) is 5.22. The lowest BCUT2D eigenvalue weighted by Gasteiger charge is -2.32. The fraction of sp³-hybridized carbons (Fsp3) is 0.273. The molecule has 1 amide bonds. The molecule has 1 fully saturated rings. The van der Waals surface area contributed by atoms with Gasteiger partial charge in [-0.3, -0.25) is 9.52 Å². The van der Waals surface area contributed by atoms with E-state index in [2.05, 4.69) is 14.7 Å². The Morgan fingerprint density at radius 2 is 2.06 bits per heavy atom. The molecule has 1 aliphatic heterocycles. The monoisotopic (exact) mass is 442 g/mol. The summed E-state index contributed by atoms with van der Waals surface area (Å²) < 4.78 is 41.8. The Bertz CT molecular complexity index is 1200. The number of imidazole rings is 1. The topological polar surface area (TPSA) is 95.2 Å². The summed E-state index contributed by atoms with van der Waals surface area (Å²) in [7, 11) is -4.06. The van der Waals surface area contributed by atoms with Gasteiger partial charge < -0.3 is 9.88 Å². The van der Waals surface area contributed by atoms with Crippen molar-refractivity contribution in [2.24, 2.45) is 0 Å². The minimum absolute atomic E-state index is 0.0932. The Kier molecular flexibility index (Phi) is 5.77. The second-order valence-corrected chi connectivity index (χ2v) is 9.31. The van der Waals surface area contributed by atoms with Gasteiger partial charge in [-0.15, -0.1) is 0 Å². The summed E-state index contributed by atoms with van der Waals surface area (Å²) in [6.45, 7) is 2.87. The van der Waals surface area contributed by atoms with E-state index in [4.69, 9.17) is 0 Å². The number of para-hydroxylation sites is 1. The van der Waals surface area contributed by atoms with Crippen LogP contribution in [-0.2, 0) is 10.0 Å². The number of halogens is 1. The van der Waals surface area contributed by atoms with Crippen molar-refractivity contribution in [2.45, 2.75) is 30.6 Å². The van der Waals surface area contributed by atoms with Crippen LogP contribution in [0.5, 0.6) is 0 Å². The van der Waals surface area contributed by atoms with Crippen molar-refractivity contribution >= 4 is 21.6 Å². The van der Waals surface area contributed by atoms with Crippen molar-refractivity contribution < 1.29 is 17.6 Å². The fourth-order valence-corrected chi connectivity index (χ4v) is 4.90. The third-order valence-corrected chi connectivity index (χ3v) is 6.85. The lowest BCUT2D eigenvalue weighted by Crippen LogP contribution is -2.39. The van der Waals surface area contributed by atoms with Crippen LogP contribution in [0.3, 0.4) is 0 Å². The Labute approximate surface area is 180 Å². The zero-order valence-corrected chi connectivity index (χ0v) is 17.8. The highest BCUT2D eigenvalue weighted by atomic mass is 32.2. The van der Waals surface area contributed by atoms with Crippen molar-refractivity contribution in [3.05, 3.63) is 77.6 Å². The second-order valence-electron chi connectivity index (χ2n) is 7.63. The third kappa shape index (κ3) is 4.46. The van der Waals surface area contributed by atoms with Crippen molar-refractivity contribution in [1.82, 2.24) is 14.9 Å². The molecule has 0 bridgehead atoms. The number of H-pyrrole nitrogens is 1. The summed E-state index contributed by atoms with van der Waals surface area (Å²) >= 11 is 0. The Balaban J connectivity index is 1.58. The number of aromatic nitrogens is 2. The Hall–Kier alpha value is -3.20. The lowest BCUT2D eigenvalue weighted by atomic mass is 9.96. The van der Waals surface area contributed by atoms with Crippen LogP contribution in [0.1, 0.15) is 40.5 Å². The first-order valence-electron chi connectivity index (χ1n) is 10.0. The second kappa shape index (κ2) is 8.50. The molecule has 1 atom stereocenters. The highest BCUT2D eigenvalue weighted by Crippen LogP contribution is 2.27. The van der Waals surface area contributed by atoms with E-state index in [1.165, 1.54) is 36.4 Å². The van der Waals surface area contributed by atoms with E-state index in [1.807, 2.05) is 0 Å². The van der Waals surface area contributed by atoms with Gasteiger partial charge in [0.05, 0.1) is 10.6 Å². The molecule has 1 aromatic heterocycles. The standard InChI is InChI=1S/C22H23FN4O3S/c1-15-8-9-17(31(29,30)26-20-7-3-2-6-19(20)23)13-18(15)22(28)27-12-4-5-16(14-27)21-24-10-11-25-21/h2-3,6-11,13,16,26H,4-5,12,14H2,1H3,(H,24,25). The zero-order chi connectivity index (χ0) is 22.0. The molecule has 0 radical (unpaired) electrons. The van der Waals surface area contributed by atoms with Crippen LogP contribution in [0.15, 0.2) is 59.8 Å². The van der Waals surface area contributed by atoms with Gasteiger partial charge in [0, 0.05) is 37.0 Å². The number of piperidine rings is 1. The van der Waals surface area contributed by atoms with Gasteiger partial charge in [-0.2, -0.15) is 0 Å². The van der Waals surface area contributed by atoms with Gasteiger partial charge in [-0.05, 0) is 49.6 Å². The maximum Gasteiger partial charge on any atom is 0.262 e. The molecule has 1 saturated heterocycles. The normalized spacial score (nSPS) is 16.8. The molecule has 3 aromatic rings. The van der Waals surface area contributed by atoms with E-state index in [0.29, 0.717) is 24.2 Å². The van der Waals surface area contributed by atoms with E-state index in [0.717, 1.165) is 18.7 Å². The Morgan fingerprint density at radius 1 is 1.26 bits per heavy atom. The van der Waals surface area contributed by atoms with Crippen LogP contribution >= 0.6 is 0 Å². The number of likely N-dealkylation sites (tertiary alicyclic amines) is 1. The number of benzene rings is 2. The number of anilines is 1. The lowest BCUT2D eigenvalue weighted by molar-refractivity contribution is 0.0704. The minimum Gasteiger partial charge on any atom is -0.348 e. The van der Waals surface area contributed by atoms with Crippen LogP contribution in [0, 0.1) is 12.7 Å². The molecule has 2 aromatic carbocycles. The van der Waals surface area contributed by atoms with Crippen LogP contribution < -0.4 is 4.72 Å². The highest BCUT2D eigenvalue weighted by molar-refractivity contribution is 7.92. The molecule has 2 N–H and O–H groups in total. The molecule has 0 saturated carbocycles. The molecule has 9 heteroatoms. The van der Waals surface area contributed by atoms with Gasteiger partial charge in [0.15, 0.2) is 0 Å². The number of nitrogens with zero attached hydrogens (tertiary/aromatic N) is 2. The summed E-state index contributed by atoms with van der Waals surface area (Å²) in [4.78, 5) is 22.3. The molecular formula is C22H23FN4O3S. The van der Waals surface area contributed by atoms with Gasteiger partial charge in [0.1, 0.15) is 11.6 Å². The smallest absolute Gasteiger partial charge is 0.262 e. The third-order valence-electron chi connectivity index (χ3n) is 5.48. The number of aryl methyl sites for hydroxylation is 1. The van der Waals surface area contributed by atoms with Crippen molar-refractivity contribution in [3.8, 4) is 0 Å². The molecule has 1 unspecified atom stereocenters. The average molecular weight is 443 g/mol. The van der Waals surface area contributed by atoms with Gasteiger partial charge in [-0.25, -0.2) is 17.8 Å². The molecule has 7 nitrogen and oxygen atoms in total. The average Bonchev–Trinajstić information content (AvgIpc) is 3.30. The molecular weight excluding hydrogens is 419 g/mol. The molecule has 162 valence electrons.